The Balaban J connectivity index is 2.17. The third kappa shape index (κ3) is 2.31. The van der Waals surface area contributed by atoms with Crippen LogP contribution in [0.1, 0.15) is 31.2 Å². The standard InChI is InChI=1S/C16H17NO3S/c1-9-13(16(19)20-2)14(10-6-7-21-8-10)15-11(17-9)4-3-5-12(15)18/h4,6-8,14-15,17H,3,5H2,1-2H3. The minimum absolute atomic E-state index is 0.185. The molecule has 0 radical (unpaired) electrons. The van der Waals surface area contributed by atoms with Crippen LogP contribution in [-0.2, 0) is 14.3 Å². The van der Waals surface area contributed by atoms with Crippen molar-refractivity contribution >= 4 is 23.1 Å². The smallest absolute Gasteiger partial charge is 0.336 e. The number of ketones is 1. The Morgan fingerprint density at radius 1 is 1.43 bits per heavy atom. The summed E-state index contributed by atoms with van der Waals surface area (Å²) in [5, 5.41) is 7.20. The molecule has 3 rings (SSSR count). The summed E-state index contributed by atoms with van der Waals surface area (Å²) >= 11 is 1.57. The van der Waals surface area contributed by atoms with Crippen molar-refractivity contribution < 1.29 is 14.3 Å². The molecule has 0 saturated heterocycles. The molecule has 0 fully saturated rings. The van der Waals surface area contributed by atoms with Gasteiger partial charge in [0.05, 0.1) is 18.6 Å². The lowest BCUT2D eigenvalue weighted by molar-refractivity contribution is -0.136. The van der Waals surface area contributed by atoms with E-state index in [0.717, 1.165) is 23.4 Å². The molecule has 2 heterocycles. The van der Waals surface area contributed by atoms with Crippen molar-refractivity contribution in [2.75, 3.05) is 7.11 Å². The second kappa shape index (κ2) is 5.48. The van der Waals surface area contributed by atoms with Gasteiger partial charge in [-0.3, -0.25) is 4.79 Å². The summed E-state index contributed by atoms with van der Waals surface area (Å²) in [6.45, 7) is 1.86. The highest BCUT2D eigenvalue weighted by molar-refractivity contribution is 7.08. The fourth-order valence-electron chi connectivity index (χ4n) is 3.20. The van der Waals surface area contributed by atoms with Gasteiger partial charge in [0.25, 0.3) is 0 Å². The molecule has 1 aliphatic heterocycles. The predicted molar refractivity (Wildman–Crippen MR) is 80.7 cm³/mol. The summed E-state index contributed by atoms with van der Waals surface area (Å²) in [5.74, 6) is -0.728. The van der Waals surface area contributed by atoms with Gasteiger partial charge in [0.1, 0.15) is 5.78 Å². The Morgan fingerprint density at radius 3 is 2.90 bits per heavy atom. The zero-order chi connectivity index (χ0) is 15.0. The number of allylic oxidation sites excluding steroid dienone is 3. The molecule has 2 atom stereocenters. The summed E-state index contributed by atoms with van der Waals surface area (Å²) in [4.78, 5) is 24.7. The first-order valence-corrected chi connectivity index (χ1v) is 7.88. The highest BCUT2D eigenvalue weighted by atomic mass is 32.1. The fourth-order valence-corrected chi connectivity index (χ4v) is 3.90. The average Bonchev–Trinajstić information content (AvgIpc) is 2.99. The zero-order valence-corrected chi connectivity index (χ0v) is 12.8. The molecule has 1 aromatic rings. The van der Waals surface area contributed by atoms with Gasteiger partial charge in [-0.1, -0.05) is 6.08 Å². The fraction of sp³-hybridized carbons (Fsp3) is 0.375. The minimum Gasteiger partial charge on any atom is -0.466 e. The van der Waals surface area contributed by atoms with Gasteiger partial charge in [-0.2, -0.15) is 11.3 Å². The second-order valence-corrected chi connectivity index (χ2v) is 6.11. The largest absolute Gasteiger partial charge is 0.466 e. The first-order valence-electron chi connectivity index (χ1n) is 6.94. The number of carbonyl (C=O) groups excluding carboxylic acids is 2. The van der Waals surface area contributed by atoms with E-state index >= 15 is 0 Å². The number of thiophene rings is 1. The highest BCUT2D eigenvalue weighted by Gasteiger charge is 2.43. The number of hydrogen-bond acceptors (Lipinski definition) is 5. The Bertz CT molecular complexity index is 642. The van der Waals surface area contributed by atoms with Crippen LogP contribution in [0.5, 0.6) is 0 Å². The molecular weight excluding hydrogens is 286 g/mol. The maximum atomic E-state index is 12.4. The quantitative estimate of drug-likeness (QED) is 0.854. The van der Waals surface area contributed by atoms with Gasteiger partial charge in [-0.25, -0.2) is 4.79 Å². The number of Topliss-reactive ketones (excluding diaryl/α,β-unsaturated/α-hetero) is 1. The molecule has 0 saturated carbocycles. The van der Waals surface area contributed by atoms with E-state index in [1.54, 1.807) is 11.3 Å². The third-order valence-corrected chi connectivity index (χ3v) is 4.83. The van der Waals surface area contributed by atoms with E-state index in [1.807, 2.05) is 23.8 Å². The number of nitrogens with one attached hydrogen (secondary N) is 1. The molecule has 21 heavy (non-hydrogen) atoms. The molecule has 0 bridgehead atoms. The number of carbonyl (C=O) groups is 2. The molecule has 0 spiro atoms. The first kappa shape index (κ1) is 14.1. The molecule has 2 aliphatic rings. The van der Waals surface area contributed by atoms with E-state index in [1.165, 1.54) is 7.11 Å². The van der Waals surface area contributed by atoms with Crippen LogP contribution >= 0.6 is 11.3 Å². The van der Waals surface area contributed by atoms with E-state index in [-0.39, 0.29) is 23.6 Å². The van der Waals surface area contributed by atoms with Gasteiger partial charge < -0.3 is 10.1 Å². The Hall–Kier alpha value is -1.88. The van der Waals surface area contributed by atoms with Crippen molar-refractivity contribution in [2.24, 2.45) is 5.92 Å². The van der Waals surface area contributed by atoms with Crippen LogP contribution in [0, 0.1) is 5.92 Å². The van der Waals surface area contributed by atoms with Gasteiger partial charge in [0.15, 0.2) is 0 Å². The summed E-state index contributed by atoms with van der Waals surface area (Å²) in [6, 6.07) is 1.98. The van der Waals surface area contributed by atoms with Crippen LogP contribution in [0.2, 0.25) is 0 Å². The molecule has 1 aliphatic carbocycles. The number of esters is 1. The van der Waals surface area contributed by atoms with E-state index in [0.29, 0.717) is 12.0 Å². The molecule has 2 unspecified atom stereocenters. The minimum atomic E-state index is -0.367. The van der Waals surface area contributed by atoms with E-state index in [4.69, 9.17) is 4.74 Å². The van der Waals surface area contributed by atoms with Gasteiger partial charge in [-0.15, -0.1) is 0 Å². The molecule has 1 aromatic heterocycles. The van der Waals surface area contributed by atoms with Crippen LogP contribution in [0.3, 0.4) is 0 Å². The summed E-state index contributed by atoms with van der Waals surface area (Å²) in [5.41, 5.74) is 3.27. The predicted octanol–water partition coefficient (Wildman–Crippen LogP) is 2.74. The highest BCUT2D eigenvalue weighted by Crippen LogP contribution is 2.44. The molecule has 1 N–H and O–H groups in total. The molecule has 5 heteroatoms. The molecule has 0 amide bonds. The number of methoxy groups -OCH3 is 1. The molecule has 4 nitrogen and oxygen atoms in total. The Kier molecular flexibility index (Phi) is 3.68. The van der Waals surface area contributed by atoms with Crippen LogP contribution in [0.4, 0.5) is 0 Å². The van der Waals surface area contributed by atoms with Gasteiger partial charge in [-0.05, 0) is 35.7 Å². The topological polar surface area (TPSA) is 55.4 Å². The molecule has 110 valence electrons. The SMILES string of the molecule is COC(=O)C1=C(C)NC2=CCCC(=O)C2C1c1ccsc1. The molecule has 0 aromatic carbocycles. The lowest BCUT2D eigenvalue weighted by atomic mass is 9.71. The second-order valence-electron chi connectivity index (χ2n) is 5.33. The first-order chi connectivity index (χ1) is 10.1. The van der Waals surface area contributed by atoms with Gasteiger partial charge in [0, 0.05) is 23.7 Å². The maximum Gasteiger partial charge on any atom is 0.336 e. The van der Waals surface area contributed by atoms with E-state index in [9.17, 15) is 9.59 Å². The lowest BCUT2D eigenvalue weighted by Gasteiger charge is -2.37. The number of hydrogen-bond donors (Lipinski definition) is 1. The van der Waals surface area contributed by atoms with Crippen molar-refractivity contribution in [3.63, 3.8) is 0 Å². The zero-order valence-electron chi connectivity index (χ0n) is 12.0. The summed E-state index contributed by atoms with van der Waals surface area (Å²) in [7, 11) is 1.38. The van der Waals surface area contributed by atoms with E-state index in [2.05, 4.69) is 11.4 Å². The maximum absolute atomic E-state index is 12.4. The third-order valence-electron chi connectivity index (χ3n) is 4.12. The van der Waals surface area contributed by atoms with Crippen molar-refractivity contribution in [1.82, 2.24) is 5.32 Å². The normalized spacial score (nSPS) is 25.0. The van der Waals surface area contributed by atoms with Gasteiger partial charge >= 0.3 is 5.97 Å². The van der Waals surface area contributed by atoms with Crippen LogP contribution in [0.25, 0.3) is 0 Å². The molecular formula is C16H17NO3S. The van der Waals surface area contributed by atoms with Crippen LogP contribution < -0.4 is 5.32 Å². The monoisotopic (exact) mass is 303 g/mol. The lowest BCUT2D eigenvalue weighted by Crippen LogP contribution is -2.40. The summed E-state index contributed by atoms with van der Waals surface area (Å²) < 4.78 is 4.94. The summed E-state index contributed by atoms with van der Waals surface area (Å²) in [6.07, 6.45) is 3.36. The number of rotatable bonds is 2. The number of fused-ring (bicyclic) bond motifs is 1. The van der Waals surface area contributed by atoms with Crippen molar-refractivity contribution in [2.45, 2.75) is 25.7 Å². The van der Waals surface area contributed by atoms with E-state index < -0.39 is 0 Å². The average molecular weight is 303 g/mol. The Labute approximate surface area is 127 Å². The van der Waals surface area contributed by atoms with Crippen molar-refractivity contribution in [1.29, 1.82) is 0 Å². The Morgan fingerprint density at radius 2 is 2.24 bits per heavy atom. The van der Waals surface area contributed by atoms with Gasteiger partial charge in [0.2, 0.25) is 0 Å². The number of ether oxygens (including phenoxy) is 1. The van der Waals surface area contributed by atoms with Crippen LogP contribution in [0.15, 0.2) is 39.9 Å². The van der Waals surface area contributed by atoms with Crippen LogP contribution in [-0.4, -0.2) is 18.9 Å². The van der Waals surface area contributed by atoms with Crippen molar-refractivity contribution in [3.8, 4) is 0 Å². The van der Waals surface area contributed by atoms with Crippen molar-refractivity contribution in [3.05, 3.63) is 45.4 Å².